The minimum absolute atomic E-state index is 0.0458. The molecule has 1 amide bonds. The Bertz CT molecular complexity index is 576. The molecule has 0 unspecified atom stereocenters. The fraction of sp³-hybridized carbons (Fsp3) is 0.467. The van der Waals surface area contributed by atoms with E-state index in [1.807, 2.05) is 0 Å². The maximum Gasteiger partial charge on any atom is 0.411 e. The number of hydrogen-bond acceptors (Lipinski definition) is 5. The van der Waals surface area contributed by atoms with Crippen LogP contribution < -0.4 is 5.32 Å². The molecule has 2 N–H and O–H groups in total. The molecular formula is C15H18F3NO5. The lowest BCUT2D eigenvalue weighted by molar-refractivity contribution is -0.186. The summed E-state index contributed by atoms with van der Waals surface area (Å²) >= 11 is 0. The maximum absolute atomic E-state index is 12.1. The number of alkyl halides is 3. The Kier molecular flexibility index (Phi) is 7.02. The topological polar surface area (TPSA) is 84.9 Å². The molecule has 6 nitrogen and oxygen atoms in total. The fourth-order valence-corrected chi connectivity index (χ4v) is 1.76. The summed E-state index contributed by atoms with van der Waals surface area (Å²) in [5.74, 6) is -1.86. The van der Waals surface area contributed by atoms with Crippen molar-refractivity contribution in [3.63, 3.8) is 0 Å². The Hall–Kier alpha value is -2.29. The van der Waals surface area contributed by atoms with Gasteiger partial charge in [-0.3, -0.25) is 4.79 Å². The van der Waals surface area contributed by atoms with Gasteiger partial charge in [0.15, 0.2) is 6.04 Å². The number of amides is 1. The number of benzene rings is 1. The van der Waals surface area contributed by atoms with E-state index < -0.39 is 36.8 Å². The van der Waals surface area contributed by atoms with Crippen molar-refractivity contribution in [2.75, 3.05) is 13.2 Å². The number of rotatable bonds is 7. The Labute approximate surface area is 136 Å². The molecule has 0 bridgehead atoms. The van der Waals surface area contributed by atoms with Gasteiger partial charge in [-0.15, -0.1) is 0 Å². The van der Waals surface area contributed by atoms with Gasteiger partial charge in [0.2, 0.25) is 5.91 Å². The van der Waals surface area contributed by atoms with Crippen LogP contribution in [0.5, 0.6) is 5.75 Å². The van der Waals surface area contributed by atoms with E-state index in [0.29, 0.717) is 0 Å². The van der Waals surface area contributed by atoms with Crippen LogP contribution in [0.2, 0.25) is 0 Å². The highest BCUT2D eigenvalue weighted by Crippen LogP contribution is 2.20. The number of phenols is 1. The van der Waals surface area contributed by atoms with Crippen molar-refractivity contribution in [2.45, 2.75) is 32.2 Å². The number of phenolic OH excluding ortho intramolecular Hbond substituents is 1. The lowest BCUT2D eigenvalue weighted by Gasteiger charge is -2.21. The molecule has 0 aliphatic carbocycles. The zero-order valence-corrected chi connectivity index (χ0v) is 13.1. The van der Waals surface area contributed by atoms with Crippen LogP contribution in [-0.4, -0.2) is 42.5 Å². The number of halogens is 3. The van der Waals surface area contributed by atoms with Crippen molar-refractivity contribution in [1.82, 2.24) is 5.32 Å². The van der Waals surface area contributed by atoms with Gasteiger partial charge >= 0.3 is 12.1 Å². The summed E-state index contributed by atoms with van der Waals surface area (Å²) in [5.41, 5.74) is 0.227. The zero-order valence-electron chi connectivity index (χ0n) is 13.1. The van der Waals surface area contributed by atoms with Crippen molar-refractivity contribution >= 4 is 11.9 Å². The SMILES string of the molecule is CCOC(=O)[C@@H](NC(=O)[C@@H](C)OCC(F)(F)F)c1cccc(O)c1. The monoisotopic (exact) mass is 349 g/mol. The van der Waals surface area contributed by atoms with Gasteiger partial charge in [0.25, 0.3) is 0 Å². The molecule has 0 aliphatic heterocycles. The van der Waals surface area contributed by atoms with E-state index in [1.165, 1.54) is 24.3 Å². The highest BCUT2D eigenvalue weighted by molar-refractivity contribution is 5.87. The van der Waals surface area contributed by atoms with Crippen LogP contribution in [0.4, 0.5) is 13.2 Å². The van der Waals surface area contributed by atoms with Crippen molar-refractivity contribution < 1.29 is 37.3 Å². The van der Waals surface area contributed by atoms with Crippen LogP contribution in [0, 0.1) is 0 Å². The number of ether oxygens (including phenoxy) is 2. The van der Waals surface area contributed by atoms with Crippen LogP contribution in [-0.2, 0) is 19.1 Å². The number of esters is 1. The van der Waals surface area contributed by atoms with Gasteiger partial charge in [0, 0.05) is 0 Å². The van der Waals surface area contributed by atoms with Gasteiger partial charge in [-0.2, -0.15) is 13.2 Å². The average Bonchev–Trinajstić information content (AvgIpc) is 2.49. The quantitative estimate of drug-likeness (QED) is 0.736. The van der Waals surface area contributed by atoms with E-state index in [-0.39, 0.29) is 17.9 Å². The number of carbonyl (C=O) groups excluding carboxylic acids is 2. The Balaban J connectivity index is 2.85. The maximum atomic E-state index is 12.1. The third-order valence-corrected chi connectivity index (χ3v) is 2.88. The van der Waals surface area contributed by atoms with Crippen molar-refractivity contribution in [1.29, 1.82) is 0 Å². The van der Waals surface area contributed by atoms with Gasteiger partial charge in [-0.25, -0.2) is 4.79 Å². The molecule has 0 radical (unpaired) electrons. The first-order chi connectivity index (χ1) is 11.1. The summed E-state index contributed by atoms with van der Waals surface area (Å²) < 4.78 is 45.6. The van der Waals surface area contributed by atoms with Crippen LogP contribution >= 0.6 is 0 Å². The van der Waals surface area contributed by atoms with E-state index in [4.69, 9.17) is 4.74 Å². The summed E-state index contributed by atoms with van der Waals surface area (Å²) in [6, 6.07) is 4.24. The first-order valence-corrected chi connectivity index (χ1v) is 7.08. The van der Waals surface area contributed by atoms with Gasteiger partial charge < -0.3 is 19.9 Å². The Morgan fingerprint density at radius 2 is 2.00 bits per heavy atom. The average molecular weight is 349 g/mol. The van der Waals surface area contributed by atoms with Crippen LogP contribution in [0.25, 0.3) is 0 Å². The van der Waals surface area contributed by atoms with E-state index in [0.717, 1.165) is 6.92 Å². The first-order valence-electron chi connectivity index (χ1n) is 7.08. The molecule has 0 spiro atoms. The molecule has 1 rings (SSSR count). The van der Waals surface area contributed by atoms with Crippen molar-refractivity contribution in [3.05, 3.63) is 29.8 Å². The number of aromatic hydroxyl groups is 1. The minimum Gasteiger partial charge on any atom is -0.508 e. The fourth-order valence-electron chi connectivity index (χ4n) is 1.76. The molecular weight excluding hydrogens is 331 g/mol. The molecule has 24 heavy (non-hydrogen) atoms. The van der Waals surface area contributed by atoms with Gasteiger partial charge in [0.1, 0.15) is 18.5 Å². The molecule has 2 atom stereocenters. The van der Waals surface area contributed by atoms with Crippen molar-refractivity contribution in [2.24, 2.45) is 0 Å². The predicted octanol–water partition coefficient (Wildman–Crippen LogP) is 2.08. The standard InChI is InChI=1S/C15H18F3NO5/c1-3-23-14(22)12(10-5-4-6-11(20)7-10)19-13(21)9(2)24-8-15(16,17)18/h4-7,9,12,20H,3,8H2,1-2H3,(H,19,21)/t9-,12+/m1/s1. The molecule has 0 saturated heterocycles. The third kappa shape index (κ3) is 6.45. The number of nitrogens with one attached hydrogen (secondary N) is 1. The molecule has 1 aromatic carbocycles. The first kappa shape index (κ1) is 19.8. The number of hydrogen-bond donors (Lipinski definition) is 2. The smallest absolute Gasteiger partial charge is 0.411 e. The van der Waals surface area contributed by atoms with Gasteiger partial charge in [-0.1, -0.05) is 12.1 Å². The molecule has 9 heteroatoms. The van der Waals surface area contributed by atoms with E-state index >= 15 is 0 Å². The van der Waals surface area contributed by atoms with Crippen molar-refractivity contribution in [3.8, 4) is 5.75 Å². The van der Waals surface area contributed by atoms with E-state index in [1.54, 1.807) is 6.92 Å². The summed E-state index contributed by atoms with van der Waals surface area (Å²) in [7, 11) is 0. The second-order valence-electron chi connectivity index (χ2n) is 4.86. The van der Waals surface area contributed by atoms with E-state index in [9.17, 15) is 27.9 Å². The molecule has 0 aromatic heterocycles. The molecule has 0 saturated carbocycles. The highest BCUT2D eigenvalue weighted by atomic mass is 19.4. The van der Waals surface area contributed by atoms with Crippen LogP contribution in [0.1, 0.15) is 25.5 Å². The van der Waals surface area contributed by atoms with Crippen LogP contribution in [0.15, 0.2) is 24.3 Å². The Morgan fingerprint density at radius 3 is 2.54 bits per heavy atom. The molecule has 0 aliphatic rings. The second-order valence-corrected chi connectivity index (χ2v) is 4.86. The summed E-state index contributed by atoms with van der Waals surface area (Å²) in [5, 5.41) is 11.7. The third-order valence-electron chi connectivity index (χ3n) is 2.88. The second kappa shape index (κ2) is 8.53. The minimum atomic E-state index is -4.57. The lowest BCUT2D eigenvalue weighted by atomic mass is 10.1. The molecule has 134 valence electrons. The predicted molar refractivity (Wildman–Crippen MR) is 77.1 cm³/mol. The van der Waals surface area contributed by atoms with Gasteiger partial charge in [-0.05, 0) is 31.5 Å². The summed E-state index contributed by atoms with van der Waals surface area (Å²) in [6.45, 7) is 1.15. The summed E-state index contributed by atoms with van der Waals surface area (Å²) in [4.78, 5) is 24.0. The normalized spacial score (nSPS) is 13.9. The zero-order chi connectivity index (χ0) is 18.3. The Morgan fingerprint density at radius 1 is 1.33 bits per heavy atom. The molecule has 0 heterocycles. The highest BCUT2D eigenvalue weighted by Gasteiger charge is 2.31. The largest absolute Gasteiger partial charge is 0.508 e. The lowest BCUT2D eigenvalue weighted by Crippen LogP contribution is -2.41. The van der Waals surface area contributed by atoms with Crippen LogP contribution in [0.3, 0.4) is 0 Å². The number of carbonyl (C=O) groups is 2. The van der Waals surface area contributed by atoms with Gasteiger partial charge in [0.05, 0.1) is 6.61 Å². The van der Waals surface area contributed by atoms with E-state index in [2.05, 4.69) is 10.1 Å². The molecule has 0 fully saturated rings. The summed E-state index contributed by atoms with van der Waals surface area (Å²) in [6.07, 6.45) is -6.00. The molecule has 1 aromatic rings.